The molecule has 98 valence electrons. The van der Waals surface area contributed by atoms with Crippen LogP contribution in [0.5, 0.6) is 0 Å². The molecule has 0 aliphatic heterocycles. The fraction of sp³-hybridized carbons (Fsp3) is 0.0526. The maximum absolute atomic E-state index is 5.87. The number of hydrogen-bond donors (Lipinski definition) is 1. The van der Waals surface area contributed by atoms with Crippen molar-refractivity contribution in [3.63, 3.8) is 0 Å². The largest absolute Gasteiger partial charge is 0.399 e. The summed E-state index contributed by atoms with van der Waals surface area (Å²) in [6, 6.07) is 25.2. The van der Waals surface area contributed by atoms with Crippen molar-refractivity contribution < 1.29 is 0 Å². The van der Waals surface area contributed by atoms with Crippen molar-refractivity contribution in [2.45, 2.75) is 6.92 Å². The van der Waals surface area contributed by atoms with Gasteiger partial charge in [0.05, 0.1) is 0 Å². The van der Waals surface area contributed by atoms with E-state index >= 15 is 0 Å². The predicted octanol–water partition coefficient (Wildman–Crippen LogP) is 4.91. The standard InChI is InChI=1S/C19H17N/c1-14-13-18(11-12-19(14)20)17-9-7-16(8-10-17)15-5-3-2-4-6-15/h2-13H,20H2,1H3. The second-order valence-corrected chi connectivity index (χ2v) is 5.01. The Morgan fingerprint density at radius 1 is 0.600 bits per heavy atom. The first-order chi connectivity index (χ1) is 9.74. The Bertz CT molecular complexity index is 713. The first-order valence-electron chi connectivity index (χ1n) is 6.76. The Balaban J connectivity index is 1.95. The molecule has 2 N–H and O–H groups in total. The molecule has 0 aromatic heterocycles. The van der Waals surface area contributed by atoms with Crippen LogP contribution >= 0.6 is 0 Å². The summed E-state index contributed by atoms with van der Waals surface area (Å²) in [6.45, 7) is 2.04. The lowest BCUT2D eigenvalue weighted by Crippen LogP contribution is -1.89. The molecule has 0 aliphatic rings. The van der Waals surface area contributed by atoms with E-state index < -0.39 is 0 Å². The molecular weight excluding hydrogens is 242 g/mol. The summed E-state index contributed by atoms with van der Waals surface area (Å²) in [4.78, 5) is 0. The van der Waals surface area contributed by atoms with Crippen LogP contribution in [0, 0.1) is 6.92 Å². The lowest BCUT2D eigenvalue weighted by atomic mass is 9.99. The second-order valence-electron chi connectivity index (χ2n) is 5.01. The summed E-state index contributed by atoms with van der Waals surface area (Å²) in [6.07, 6.45) is 0. The minimum Gasteiger partial charge on any atom is -0.399 e. The van der Waals surface area contributed by atoms with Crippen LogP contribution in [0.15, 0.2) is 72.8 Å². The molecule has 0 amide bonds. The SMILES string of the molecule is Cc1cc(-c2ccc(-c3ccccc3)cc2)ccc1N. The highest BCUT2D eigenvalue weighted by atomic mass is 14.5. The van der Waals surface area contributed by atoms with Gasteiger partial charge >= 0.3 is 0 Å². The zero-order chi connectivity index (χ0) is 13.9. The Morgan fingerprint density at radius 3 is 1.70 bits per heavy atom. The highest BCUT2D eigenvalue weighted by Gasteiger charge is 2.01. The molecule has 0 saturated heterocycles. The van der Waals surface area contributed by atoms with Gasteiger partial charge in [0, 0.05) is 5.69 Å². The van der Waals surface area contributed by atoms with E-state index in [4.69, 9.17) is 5.73 Å². The van der Waals surface area contributed by atoms with E-state index in [-0.39, 0.29) is 0 Å². The van der Waals surface area contributed by atoms with E-state index in [9.17, 15) is 0 Å². The van der Waals surface area contributed by atoms with Gasteiger partial charge in [-0.15, -0.1) is 0 Å². The highest BCUT2D eigenvalue weighted by Crippen LogP contribution is 2.26. The van der Waals surface area contributed by atoms with Crippen LogP contribution in [0.2, 0.25) is 0 Å². The van der Waals surface area contributed by atoms with Crippen molar-refractivity contribution in [3.8, 4) is 22.3 Å². The zero-order valence-corrected chi connectivity index (χ0v) is 11.5. The molecule has 0 bridgehead atoms. The summed E-state index contributed by atoms with van der Waals surface area (Å²) in [7, 11) is 0. The summed E-state index contributed by atoms with van der Waals surface area (Å²) in [5.41, 5.74) is 12.7. The van der Waals surface area contributed by atoms with Crippen LogP contribution in [0.4, 0.5) is 5.69 Å². The number of benzene rings is 3. The Morgan fingerprint density at radius 2 is 1.10 bits per heavy atom. The van der Waals surface area contributed by atoms with Gasteiger partial charge in [-0.25, -0.2) is 0 Å². The highest BCUT2D eigenvalue weighted by molar-refractivity contribution is 5.72. The Labute approximate surface area is 119 Å². The summed E-state index contributed by atoms with van der Waals surface area (Å²) in [5, 5.41) is 0. The molecule has 1 heteroatoms. The van der Waals surface area contributed by atoms with Crippen LogP contribution < -0.4 is 5.73 Å². The zero-order valence-electron chi connectivity index (χ0n) is 11.5. The third-order valence-corrected chi connectivity index (χ3v) is 3.60. The molecule has 0 spiro atoms. The van der Waals surface area contributed by atoms with Crippen molar-refractivity contribution in [3.05, 3.63) is 78.4 Å². The lowest BCUT2D eigenvalue weighted by Gasteiger charge is -2.07. The average molecular weight is 259 g/mol. The first-order valence-corrected chi connectivity index (χ1v) is 6.76. The smallest absolute Gasteiger partial charge is 0.0344 e. The van der Waals surface area contributed by atoms with Gasteiger partial charge in [0.25, 0.3) is 0 Å². The molecule has 0 heterocycles. The molecule has 0 fully saturated rings. The van der Waals surface area contributed by atoms with Gasteiger partial charge in [0.1, 0.15) is 0 Å². The van der Waals surface area contributed by atoms with Crippen molar-refractivity contribution in [2.24, 2.45) is 0 Å². The molecule has 0 atom stereocenters. The summed E-state index contributed by atoms with van der Waals surface area (Å²) < 4.78 is 0. The van der Waals surface area contributed by atoms with Crippen LogP contribution in [0.25, 0.3) is 22.3 Å². The number of nitrogens with two attached hydrogens (primary N) is 1. The Hall–Kier alpha value is -2.54. The summed E-state index contributed by atoms with van der Waals surface area (Å²) in [5.74, 6) is 0. The second kappa shape index (κ2) is 5.22. The van der Waals surface area contributed by atoms with E-state index in [0.717, 1.165) is 11.3 Å². The van der Waals surface area contributed by atoms with Gasteiger partial charge in [0.2, 0.25) is 0 Å². The van der Waals surface area contributed by atoms with Gasteiger partial charge in [-0.2, -0.15) is 0 Å². The third kappa shape index (κ3) is 2.43. The molecule has 3 aromatic carbocycles. The molecule has 3 aromatic rings. The van der Waals surface area contributed by atoms with E-state index in [0.29, 0.717) is 0 Å². The monoisotopic (exact) mass is 259 g/mol. The molecule has 0 unspecified atom stereocenters. The minimum absolute atomic E-state index is 0.842. The topological polar surface area (TPSA) is 26.0 Å². The Kier molecular flexibility index (Phi) is 3.26. The van der Waals surface area contributed by atoms with Crippen LogP contribution in [0.3, 0.4) is 0 Å². The van der Waals surface area contributed by atoms with Crippen LogP contribution in [-0.2, 0) is 0 Å². The molecule has 20 heavy (non-hydrogen) atoms. The fourth-order valence-corrected chi connectivity index (χ4v) is 2.34. The quantitative estimate of drug-likeness (QED) is 0.650. The van der Waals surface area contributed by atoms with Gasteiger partial charge < -0.3 is 5.73 Å². The number of rotatable bonds is 2. The van der Waals surface area contributed by atoms with E-state index in [1.165, 1.54) is 22.3 Å². The normalized spacial score (nSPS) is 10.4. The van der Waals surface area contributed by atoms with E-state index in [1.54, 1.807) is 0 Å². The first kappa shape index (κ1) is 12.5. The van der Waals surface area contributed by atoms with Crippen molar-refractivity contribution in [1.82, 2.24) is 0 Å². The molecule has 0 radical (unpaired) electrons. The molecule has 3 rings (SSSR count). The van der Waals surface area contributed by atoms with Gasteiger partial charge in [0.15, 0.2) is 0 Å². The van der Waals surface area contributed by atoms with Gasteiger partial charge in [-0.3, -0.25) is 0 Å². The van der Waals surface area contributed by atoms with Crippen LogP contribution in [0.1, 0.15) is 5.56 Å². The fourth-order valence-electron chi connectivity index (χ4n) is 2.34. The average Bonchev–Trinajstić information content (AvgIpc) is 2.51. The lowest BCUT2D eigenvalue weighted by molar-refractivity contribution is 1.46. The van der Waals surface area contributed by atoms with Gasteiger partial charge in [-0.1, -0.05) is 60.7 Å². The molecule has 0 aliphatic carbocycles. The van der Waals surface area contributed by atoms with E-state index in [2.05, 4.69) is 60.7 Å². The maximum atomic E-state index is 5.87. The van der Waals surface area contributed by atoms with Gasteiger partial charge in [-0.05, 0) is 46.9 Å². The van der Waals surface area contributed by atoms with Crippen molar-refractivity contribution >= 4 is 5.69 Å². The number of anilines is 1. The molecule has 0 saturated carbocycles. The predicted molar refractivity (Wildman–Crippen MR) is 86.5 cm³/mol. The third-order valence-electron chi connectivity index (χ3n) is 3.60. The molecular formula is C19H17N. The van der Waals surface area contributed by atoms with Crippen LogP contribution in [-0.4, -0.2) is 0 Å². The maximum Gasteiger partial charge on any atom is 0.0344 e. The molecule has 1 nitrogen and oxygen atoms in total. The van der Waals surface area contributed by atoms with Crippen molar-refractivity contribution in [1.29, 1.82) is 0 Å². The van der Waals surface area contributed by atoms with E-state index in [1.807, 2.05) is 19.1 Å². The minimum atomic E-state index is 0.842. The summed E-state index contributed by atoms with van der Waals surface area (Å²) >= 11 is 0. The number of nitrogen functional groups attached to an aromatic ring is 1. The number of aryl methyl sites for hydroxylation is 1. The van der Waals surface area contributed by atoms with Crippen molar-refractivity contribution in [2.75, 3.05) is 5.73 Å². The number of hydrogen-bond acceptors (Lipinski definition) is 1.